The molecule has 2 aromatic carbocycles. The number of hydrogen-bond donors (Lipinski definition) is 1. The molecule has 0 unspecified atom stereocenters. The van der Waals surface area contributed by atoms with Gasteiger partial charge in [0.2, 0.25) is 0 Å². The van der Waals surface area contributed by atoms with E-state index in [9.17, 15) is 0 Å². The maximum atomic E-state index is 5.92. The summed E-state index contributed by atoms with van der Waals surface area (Å²) in [4.78, 5) is 5.17. The summed E-state index contributed by atoms with van der Waals surface area (Å²) in [6.07, 6.45) is 8.42. The van der Waals surface area contributed by atoms with Crippen LogP contribution in [0.3, 0.4) is 0 Å². The van der Waals surface area contributed by atoms with Crippen molar-refractivity contribution in [2.45, 2.75) is 71.3 Å². The molecule has 1 saturated carbocycles. The number of aromatic nitrogens is 1. The highest BCUT2D eigenvalue weighted by molar-refractivity contribution is 5.53. The molecule has 34 heavy (non-hydrogen) atoms. The summed E-state index contributed by atoms with van der Waals surface area (Å²) >= 11 is 0. The summed E-state index contributed by atoms with van der Waals surface area (Å²) < 4.78 is 11.1. The molecule has 0 saturated heterocycles. The van der Waals surface area contributed by atoms with Crippen molar-refractivity contribution in [1.29, 1.82) is 0 Å². The van der Waals surface area contributed by atoms with Crippen molar-refractivity contribution in [2.24, 2.45) is 0 Å². The Morgan fingerprint density at radius 2 is 1.62 bits per heavy atom. The van der Waals surface area contributed by atoms with Crippen LogP contribution in [-0.4, -0.2) is 18.9 Å². The second-order valence-corrected chi connectivity index (χ2v) is 9.53. The summed E-state index contributed by atoms with van der Waals surface area (Å²) in [7, 11) is 1.66. The van der Waals surface area contributed by atoms with Gasteiger partial charge >= 0.3 is 0 Å². The van der Waals surface area contributed by atoms with E-state index in [1.807, 2.05) is 0 Å². The molecular formula is C30H38N2O2. The molecule has 1 fully saturated rings. The molecule has 4 rings (SSSR count). The van der Waals surface area contributed by atoms with Crippen molar-refractivity contribution in [3.63, 3.8) is 0 Å². The SMILES string of the molecule is COCOc1ccc(Cc2c(C)cc(NCc3ccccc3)cc2C)nc1C1CCCCCC1. The first-order valence-electron chi connectivity index (χ1n) is 12.6. The van der Waals surface area contributed by atoms with Crippen molar-refractivity contribution in [1.82, 2.24) is 4.98 Å². The fourth-order valence-corrected chi connectivity index (χ4v) is 5.05. The fraction of sp³-hybridized carbons (Fsp3) is 0.433. The van der Waals surface area contributed by atoms with Crippen molar-refractivity contribution < 1.29 is 9.47 Å². The quantitative estimate of drug-likeness (QED) is 0.269. The predicted octanol–water partition coefficient (Wildman–Crippen LogP) is 7.32. The van der Waals surface area contributed by atoms with Gasteiger partial charge in [-0.05, 0) is 73.2 Å². The van der Waals surface area contributed by atoms with Crippen LogP contribution in [0.25, 0.3) is 0 Å². The maximum Gasteiger partial charge on any atom is 0.188 e. The zero-order valence-electron chi connectivity index (χ0n) is 20.9. The molecule has 1 N–H and O–H groups in total. The van der Waals surface area contributed by atoms with Crippen LogP contribution in [0, 0.1) is 13.8 Å². The molecule has 1 aliphatic carbocycles. The van der Waals surface area contributed by atoms with Crippen LogP contribution in [0.5, 0.6) is 5.75 Å². The number of nitrogens with one attached hydrogen (secondary N) is 1. The molecule has 0 radical (unpaired) electrons. The third-order valence-corrected chi connectivity index (χ3v) is 6.91. The molecule has 1 aliphatic rings. The zero-order chi connectivity index (χ0) is 23.8. The molecule has 0 atom stereocenters. The minimum Gasteiger partial charge on any atom is -0.466 e. The summed E-state index contributed by atoms with van der Waals surface area (Å²) in [6.45, 7) is 5.50. The Kier molecular flexibility index (Phi) is 8.59. The lowest BCUT2D eigenvalue weighted by molar-refractivity contribution is 0.0497. The molecule has 4 nitrogen and oxygen atoms in total. The number of nitrogens with zero attached hydrogens (tertiary/aromatic N) is 1. The van der Waals surface area contributed by atoms with Gasteiger partial charge in [-0.2, -0.15) is 0 Å². The summed E-state index contributed by atoms with van der Waals surface area (Å²) in [5.41, 5.74) is 8.63. The van der Waals surface area contributed by atoms with Gasteiger partial charge in [-0.1, -0.05) is 56.0 Å². The third kappa shape index (κ3) is 6.38. The van der Waals surface area contributed by atoms with Crippen molar-refractivity contribution >= 4 is 5.69 Å². The van der Waals surface area contributed by atoms with Gasteiger partial charge in [-0.3, -0.25) is 4.98 Å². The average molecular weight is 459 g/mol. The lowest BCUT2D eigenvalue weighted by atomic mass is 9.93. The zero-order valence-corrected chi connectivity index (χ0v) is 20.9. The Balaban J connectivity index is 1.53. The number of pyridine rings is 1. The molecule has 1 aromatic heterocycles. The van der Waals surface area contributed by atoms with E-state index in [0.717, 1.165) is 35.8 Å². The monoisotopic (exact) mass is 458 g/mol. The molecule has 0 bridgehead atoms. The second kappa shape index (κ2) is 12.0. The van der Waals surface area contributed by atoms with E-state index in [1.165, 1.54) is 60.8 Å². The first kappa shape index (κ1) is 24.3. The van der Waals surface area contributed by atoms with Gasteiger partial charge in [-0.15, -0.1) is 0 Å². The van der Waals surface area contributed by atoms with Crippen LogP contribution in [0.2, 0.25) is 0 Å². The van der Waals surface area contributed by atoms with Gasteiger partial charge < -0.3 is 14.8 Å². The second-order valence-electron chi connectivity index (χ2n) is 9.53. The minimum atomic E-state index is 0.260. The first-order chi connectivity index (χ1) is 16.6. The lowest BCUT2D eigenvalue weighted by Gasteiger charge is -2.20. The van der Waals surface area contributed by atoms with Gasteiger partial charge in [0.25, 0.3) is 0 Å². The van der Waals surface area contributed by atoms with Crippen LogP contribution >= 0.6 is 0 Å². The predicted molar refractivity (Wildman–Crippen MR) is 140 cm³/mol. The molecule has 0 amide bonds. The normalized spacial score (nSPS) is 14.6. The van der Waals surface area contributed by atoms with Gasteiger partial charge in [0.05, 0.1) is 5.69 Å². The average Bonchev–Trinajstić information content (AvgIpc) is 3.14. The van der Waals surface area contributed by atoms with Crippen molar-refractivity contribution in [3.8, 4) is 5.75 Å². The number of rotatable bonds is 9. The summed E-state index contributed by atoms with van der Waals surface area (Å²) in [5, 5.41) is 3.57. The summed E-state index contributed by atoms with van der Waals surface area (Å²) in [6, 6.07) is 19.3. The molecule has 4 heteroatoms. The van der Waals surface area contributed by atoms with Crippen LogP contribution in [0.15, 0.2) is 54.6 Å². The van der Waals surface area contributed by atoms with E-state index in [0.29, 0.717) is 5.92 Å². The number of ether oxygens (including phenoxy) is 2. The standard InChI is InChI=1S/C30H38N2O2/c1-22-17-27(31-20-24-11-7-6-8-12-24)18-23(2)28(22)19-26-15-16-29(34-21-33-3)30(32-26)25-13-9-4-5-10-14-25/h6-8,11-12,15-18,25,31H,4-5,9-10,13-14,19-21H2,1-3H3. The van der Waals surface area contributed by atoms with Crippen LogP contribution in [0.4, 0.5) is 5.69 Å². The number of aryl methyl sites for hydroxylation is 2. The van der Waals surface area contributed by atoms with Crippen LogP contribution < -0.4 is 10.1 Å². The van der Waals surface area contributed by atoms with E-state index in [4.69, 9.17) is 14.5 Å². The molecule has 1 heterocycles. The van der Waals surface area contributed by atoms with Gasteiger partial charge in [-0.25, -0.2) is 0 Å². The van der Waals surface area contributed by atoms with Crippen LogP contribution in [0.1, 0.15) is 78.1 Å². The van der Waals surface area contributed by atoms with E-state index >= 15 is 0 Å². The fourth-order valence-electron chi connectivity index (χ4n) is 5.05. The molecule has 0 spiro atoms. The van der Waals surface area contributed by atoms with Gasteiger partial charge in [0.1, 0.15) is 5.75 Å². The Bertz CT molecular complexity index is 1030. The summed E-state index contributed by atoms with van der Waals surface area (Å²) in [5.74, 6) is 1.35. The minimum absolute atomic E-state index is 0.260. The van der Waals surface area contributed by atoms with E-state index in [-0.39, 0.29) is 6.79 Å². The lowest BCUT2D eigenvalue weighted by Crippen LogP contribution is -2.10. The van der Waals surface area contributed by atoms with E-state index in [2.05, 4.69) is 73.8 Å². The topological polar surface area (TPSA) is 43.4 Å². The highest BCUT2D eigenvalue weighted by Gasteiger charge is 2.21. The van der Waals surface area contributed by atoms with Crippen LogP contribution in [-0.2, 0) is 17.7 Å². The smallest absolute Gasteiger partial charge is 0.188 e. The third-order valence-electron chi connectivity index (χ3n) is 6.91. The van der Waals surface area contributed by atoms with Gasteiger partial charge in [0.15, 0.2) is 6.79 Å². The van der Waals surface area contributed by atoms with Crippen molar-refractivity contribution in [3.05, 3.63) is 88.2 Å². The highest BCUT2D eigenvalue weighted by Crippen LogP contribution is 2.36. The molecule has 180 valence electrons. The van der Waals surface area contributed by atoms with E-state index < -0.39 is 0 Å². The van der Waals surface area contributed by atoms with Gasteiger partial charge in [0, 0.05) is 37.4 Å². The number of anilines is 1. The number of hydrogen-bond acceptors (Lipinski definition) is 4. The number of methoxy groups -OCH3 is 1. The van der Waals surface area contributed by atoms with Crippen molar-refractivity contribution in [2.75, 3.05) is 19.2 Å². The molecule has 3 aromatic rings. The largest absolute Gasteiger partial charge is 0.466 e. The van der Waals surface area contributed by atoms with E-state index in [1.54, 1.807) is 7.11 Å². The Morgan fingerprint density at radius 3 is 2.29 bits per heavy atom. The highest BCUT2D eigenvalue weighted by atomic mass is 16.7. The first-order valence-corrected chi connectivity index (χ1v) is 12.6. The maximum absolute atomic E-state index is 5.92. The Hall–Kier alpha value is -2.85. The Labute approximate surface area is 204 Å². The molecular weight excluding hydrogens is 420 g/mol. The number of benzene rings is 2. The molecule has 0 aliphatic heterocycles. The Morgan fingerprint density at radius 1 is 0.912 bits per heavy atom.